The summed E-state index contributed by atoms with van der Waals surface area (Å²) in [6.07, 6.45) is -4.41. The highest BCUT2D eigenvalue weighted by Crippen LogP contribution is 2.30. The van der Waals surface area contributed by atoms with Gasteiger partial charge in [-0.3, -0.25) is 4.98 Å². The molecular weight excluding hydrogens is 263 g/mol. The molecule has 2 aromatic rings. The molecule has 1 heterocycles. The molecule has 0 saturated carbocycles. The van der Waals surface area contributed by atoms with E-state index in [0.717, 1.165) is 12.1 Å². The number of hydrogen-bond acceptors (Lipinski definition) is 4. The first-order valence-corrected chi connectivity index (χ1v) is 5.10. The van der Waals surface area contributed by atoms with Gasteiger partial charge < -0.3 is 4.74 Å². The first-order valence-electron chi connectivity index (χ1n) is 5.10. The lowest BCUT2D eigenvalue weighted by Gasteiger charge is -2.07. The van der Waals surface area contributed by atoms with Crippen molar-refractivity contribution in [2.45, 2.75) is 6.18 Å². The lowest BCUT2D eigenvalue weighted by molar-refractivity contribution is -0.137. The third-order valence-electron chi connectivity index (χ3n) is 2.30. The Hall–Kier alpha value is -2.38. The molecule has 0 aliphatic rings. The summed E-state index contributed by atoms with van der Waals surface area (Å²) in [7, 11) is 1.28. The minimum atomic E-state index is -4.41. The van der Waals surface area contributed by atoms with Gasteiger partial charge >= 0.3 is 17.9 Å². The van der Waals surface area contributed by atoms with Gasteiger partial charge in [-0.1, -0.05) is 12.1 Å². The number of nitrogens with zero attached hydrogens (tertiary/aromatic N) is 2. The number of nitrogens with one attached hydrogen (secondary N) is 1. The second-order valence-corrected chi connectivity index (χ2v) is 3.56. The summed E-state index contributed by atoms with van der Waals surface area (Å²) in [4.78, 5) is 20.8. The molecule has 0 fully saturated rings. The number of H-pyrrole nitrogens is 1. The molecule has 0 amide bonds. The molecule has 8 heteroatoms. The number of hydrogen-bond donors (Lipinski definition) is 1. The van der Waals surface area contributed by atoms with Crippen molar-refractivity contribution in [2.24, 2.45) is 0 Å². The van der Waals surface area contributed by atoms with E-state index in [4.69, 9.17) is 4.74 Å². The Labute approximate surface area is 105 Å². The Balaban J connectivity index is 2.43. The van der Waals surface area contributed by atoms with Crippen molar-refractivity contribution in [3.05, 3.63) is 40.3 Å². The van der Waals surface area contributed by atoms with Crippen molar-refractivity contribution in [3.63, 3.8) is 0 Å². The number of aromatic amines is 1. The third-order valence-corrected chi connectivity index (χ3v) is 2.30. The maximum absolute atomic E-state index is 12.4. The molecular formula is C11H8F3N3O2. The summed E-state index contributed by atoms with van der Waals surface area (Å²) >= 11 is 0. The molecule has 5 nitrogen and oxygen atoms in total. The predicted octanol–water partition coefficient (Wildman–Crippen LogP) is 1.86. The van der Waals surface area contributed by atoms with E-state index < -0.39 is 17.4 Å². The molecule has 1 aromatic carbocycles. The Kier molecular flexibility index (Phi) is 3.24. The fourth-order valence-corrected chi connectivity index (χ4v) is 1.41. The van der Waals surface area contributed by atoms with Crippen LogP contribution in [0.15, 0.2) is 29.1 Å². The van der Waals surface area contributed by atoms with Crippen LogP contribution in [0.4, 0.5) is 13.2 Å². The second-order valence-electron chi connectivity index (χ2n) is 3.56. The zero-order valence-corrected chi connectivity index (χ0v) is 9.65. The predicted molar refractivity (Wildman–Crippen MR) is 59.6 cm³/mol. The van der Waals surface area contributed by atoms with Gasteiger partial charge in [0.05, 0.1) is 12.7 Å². The largest absolute Gasteiger partial charge is 0.467 e. The number of alkyl halides is 3. The van der Waals surface area contributed by atoms with Crippen molar-refractivity contribution < 1.29 is 17.9 Å². The van der Waals surface area contributed by atoms with Crippen molar-refractivity contribution in [1.82, 2.24) is 15.0 Å². The molecule has 0 unspecified atom stereocenters. The van der Waals surface area contributed by atoms with Gasteiger partial charge in [0.25, 0.3) is 0 Å². The van der Waals surface area contributed by atoms with Crippen LogP contribution in [0.25, 0.3) is 11.4 Å². The first kappa shape index (κ1) is 13.1. The van der Waals surface area contributed by atoms with Crippen molar-refractivity contribution in [1.29, 1.82) is 0 Å². The maximum atomic E-state index is 12.4. The minimum Gasteiger partial charge on any atom is -0.467 e. The average Bonchev–Trinajstić information content (AvgIpc) is 2.37. The smallest absolute Gasteiger partial charge is 0.416 e. The van der Waals surface area contributed by atoms with E-state index in [-0.39, 0.29) is 11.8 Å². The van der Waals surface area contributed by atoms with E-state index in [1.165, 1.54) is 19.2 Å². The summed E-state index contributed by atoms with van der Waals surface area (Å²) in [5.41, 5.74) is -1.15. The van der Waals surface area contributed by atoms with Gasteiger partial charge in [0.1, 0.15) is 5.82 Å². The highest BCUT2D eigenvalue weighted by molar-refractivity contribution is 5.55. The minimum absolute atomic E-state index is 0.0885. The quantitative estimate of drug-likeness (QED) is 0.905. The van der Waals surface area contributed by atoms with E-state index in [2.05, 4.69) is 15.0 Å². The van der Waals surface area contributed by atoms with Crippen LogP contribution in [-0.2, 0) is 6.18 Å². The molecule has 1 N–H and O–H groups in total. The number of aromatic nitrogens is 3. The van der Waals surface area contributed by atoms with E-state index in [1.807, 2.05) is 0 Å². The fraction of sp³-hybridized carbons (Fsp3) is 0.182. The van der Waals surface area contributed by atoms with Crippen LogP contribution in [0.1, 0.15) is 5.56 Å². The van der Waals surface area contributed by atoms with E-state index in [0.29, 0.717) is 5.56 Å². The zero-order valence-electron chi connectivity index (χ0n) is 9.65. The Morgan fingerprint density at radius 3 is 2.32 bits per heavy atom. The Morgan fingerprint density at radius 2 is 1.79 bits per heavy atom. The average molecular weight is 271 g/mol. The molecule has 0 spiro atoms. The van der Waals surface area contributed by atoms with E-state index >= 15 is 0 Å². The van der Waals surface area contributed by atoms with Crippen LogP contribution in [0, 0.1) is 0 Å². The van der Waals surface area contributed by atoms with Gasteiger partial charge in [0.15, 0.2) is 0 Å². The van der Waals surface area contributed by atoms with Gasteiger partial charge in [-0.15, -0.1) is 4.98 Å². The molecule has 0 bridgehead atoms. The van der Waals surface area contributed by atoms with E-state index in [9.17, 15) is 18.0 Å². The molecule has 1 aromatic heterocycles. The highest BCUT2D eigenvalue weighted by Gasteiger charge is 2.30. The van der Waals surface area contributed by atoms with Crippen LogP contribution < -0.4 is 10.4 Å². The lowest BCUT2D eigenvalue weighted by Crippen LogP contribution is -2.14. The SMILES string of the molecule is COc1nc(-c2ccc(C(F)(F)F)cc2)[nH]c(=O)n1. The molecule has 0 saturated heterocycles. The van der Waals surface area contributed by atoms with Crippen LogP contribution in [-0.4, -0.2) is 22.1 Å². The summed E-state index contributed by atoms with van der Waals surface area (Å²) < 4.78 is 41.9. The Bertz CT molecular complexity index is 635. The molecule has 2 rings (SSSR count). The molecule has 0 aliphatic carbocycles. The molecule has 0 aliphatic heterocycles. The molecule has 0 radical (unpaired) electrons. The second kappa shape index (κ2) is 4.71. The summed E-state index contributed by atoms with van der Waals surface area (Å²) in [5, 5.41) is 0. The maximum Gasteiger partial charge on any atom is 0.416 e. The summed E-state index contributed by atoms with van der Waals surface area (Å²) in [6.45, 7) is 0. The number of methoxy groups -OCH3 is 1. The van der Waals surface area contributed by atoms with Gasteiger partial charge in [0.2, 0.25) is 0 Å². The first-order chi connectivity index (χ1) is 8.90. The molecule has 0 atom stereocenters. The normalized spacial score (nSPS) is 11.4. The summed E-state index contributed by atoms with van der Waals surface area (Å²) in [5.74, 6) is 0.0885. The summed E-state index contributed by atoms with van der Waals surface area (Å²) in [6, 6.07) is 4.07. The highest BCUT2D eigenvalue weighted by atomic mass is 19.4. The van der Waals surface area contributed by atoms with Gasteiger partial charge in [0, 0.05) is 5.56 Å². The van der Waals surface area contributed by atoms with Crippen molar-refractivity contribution in [2.75, 3.05) is 7.11 Å². The number of rotatable bonds is 2. The van der Waals surface area contributed by atoms with Gasteiger partial charge in [-0.05, 0) is 12.1 Å². The van der Waals surface area contributed by atoms with Gasteiger partial charge in [-0.25, -0.2) is 4.79 Å². The van der Waals surface area contributed by atoms with E-state index in [1.54, 1.807) is 0 Å². The van der Waals surface area contributed by atoms with Gasteiger partial charge in [-0.2, -0.15) is 18.2 Å². The molecule has 100 valence electrons. The fourth-order valence-electron chi connectivity index (χ4n) is 1.41. The van der Waals surface area contributed by atoms with Crippen LogP contribution >= 0.6 is 0 Å². The number of ether oxygens (including phenoxy) is 1. The molecule has 19 heavy (non-hydrogen) atoms. The van der Waals surface area contributed by atoms with Crippen LogP contribution in [0.3, 0.4) is 0 Å². The van der Waals surface area contributed by atoms with Crippen molar-refractivity contribution in [3.8, 4) is 17.4 Å². The topological polar surface area (TPSA) is 67.9 Å². The lowest BCUT2D eigenvalue weighted by atomic mass is 10.1. The monoisotopic (exact) mass is 271 g/mol. The van der Waals surface area contributed by atoms with Crippen LogP contribution in [0.5, 0.6) is 6.01 Å². The number of benzene rings is 1. The number of halogens is 3. The van der Waals surface area contributed by atoms with Crippen molar-refractivity contribution >= 4 is 0 Å². The third kappa shape index (κ3) is 2.90. The standard InChI is InChI=1S/C11H8F3N3O2/c1-19-10-16-8(15-9(18)17-10)6-2-4-7(5-3-6)11(12,13)14/h2-5H,1H3,(H,15,16,17,18). The van der Waals surface area contributed by atoms with Crippen LogP contribution in [0.2, 0.25) is 0 Å². The zero-order chi connectivity index (χ0) is 14.0. The Morgan fingerprint density at radius 1 is 1.16 bits per heavy atom.